The van der Waals surface area contributed by atoms with Crippen LogP contribution in [0, 0.1) is 0 Å². The van der Waals surface area contributed by atoms with Gasteiger partial charge in [-0.3, -0.25) is 0 Å². The second kappa shape index (κ2) is 6.73. The number of halogens is 1. The number of ether oxygens (including phenoxy) is 1. The molecule has 0 fully saturated rings. The zero-order valence-electron chi connectivity index (χ0n) is 11.2. The van der Waals surface area contributed by atoms with E-state index in [1.165, 1.54) is 11.1 Å². The summed E-state index contributed by atoms with van der Waals surface area (Å²) >= 11 is 3.55. The minimum Gasteiger partial charge on any atom is -0.496 e. The lowest BCUT2D eigenvalue weighted by Gasteiger charge is -2.19. The smallest absolute Gasteiger partial charge is 0.133 e. The van der Waals surface area contributed by atoms with Gasteiger partial charge in [-0.15, -0.1) is 0 Å². The molecular formula is C16H18BrNO. The Labute approximate surface area is 122 Å². The SMILES string of the molecule is CCNC(c1ccccc1)c1ccc(OC)c(Br)c1. The van der Waals surface area contributed by atoms with Gasteiger partial charge in [0.1, 0.15) is 5.75 Å². The molecule has 0 saturated heterocycles. The minimum absolute atomic E-state index is 0.202. The van der Waals surface area contributed by atoms with Crippen LogP contribution in [0.3, 0.4) is 0 Å². The molecule has 1 atom stereocenters. The maximum atomic E-state index is 5.28. The fraction of sp³-hybridized carbons (Fsp3) is 0.250. The molecule has 3 heteroatoms. The van der Waals surface area contributed by atoms with Crippen LogP contribution < -0.4 is 10.1 Å². The molecule has 1 N–H and O–H groups in total. The second-order valence-electron chi connectivity index (χ2n) is 4.30. The summed E-state index contributed by atoms with van der Waals surface area (Å²) in [5, 5.41) is 3.52. The average molecular weight is 320 g/mol. The highest BCUT2D eigenvalue weighted by Gasteiger charge is 2.14. The van der Waals surface area contributed by atoms with Gasteiger partial charge in [-0.05, 0) is 45.7 Å². The molecule has 2 aromatic carbocycles. The van der Waals surface area contributed by atoms with Crippen molar-refractivity contribution in [3.05, 3.63) is 64.1 Å². The molecular weight excluding hydrogens is 302 g/mol. The van der Waals surface area contributed by atoms with E-state index in [1.807, 2.05) is 12.1 Å². The van der Waals surface area contributed by atoms with Crippen molar-refractivity contribution >= 4 is 15.9 Å². The monoisotopic (exact) mass is 319 g/mol. The first-order chi connectivity index (χ1) is 9.26. The Hall–Kier alpha value is -1.32. The standard InChI is InChI=1S/C16H18BrNO/c1-3-18-16(12-7-5-4-6-8-12)13-9-10-15(19-2)14(17)11-13/h4-11,16,18H,3H2,1-2H3. The topological polar surface area (TPSA) is 21.3 Å². The normalized spacial score (nSPS) is 12.2. The van der Waals surface area contributed by atoms with Crippen molar-refractivity contribution in [1.82, 2.24) is 5.32 Å². The molecule has 0 spiro atoms. The second-order valence-corrected chi connectivity index (χ2v) is 5.15. The molecule has 0 aliphatic rings. The van der Waals surface area contributed by atoms with E-state index in [4.69, 9.17) is 4.74 Å². The largest absolute Gasteiger partial charge is 0.496 e. The van der Waals surface area contributed by atoms with Gasteiger partial charge in [0, 0.05) is 0 Å². The van der Waals surface area contributed by atoms with Crippen LogP contribution in [0.25, 0.3) is 0 Å². The van der Waals surface area contributed by atoms with Gasteiger partial charge < -0.3 is 10.1 Å². The molecule has 0 heterocycles. The molecule has 1 unspecified atom stereocenters. The summed E-state index contributed by atoms with van der Waals surface area (Å²) in [6, 6.07) is 16.9. The van der Waals surface area contributed by atoms with E-state index < -0.39 is 0 Å². The van der Waals surface area contributed by atoms with E-state index in [9.17, 15) is 0 Å². The third-order valence-electron chi connectivity index (χ3n) is 3.05. The maximum Gasteiger partial charge on any atom is 0.133 e. The van der Waals surface area contributed by atoms with Crippen LogP contribution in [-0.4, -0.2) is 13.7 Å². The first kappa shape index (κ1) is 14.1. The van der Waals surface area contributed by atoms with E-state index >= 15 is 0 Å². The lowest BCUT2D eigenvalue weighted by Crippen LogP contribution is -2.21. The molecule has 0 aliphatic carbocycles. The highest BCUT2D eigenvalue weighted by atomic mass is 79.9. The van der Waals surface area contributed by atoms with Gasteiger partial charge in [0.25, 0.3) is 0 Å². The predicted molar refractivity (Wildman–Crippen MR) is 82.7 cm³/mol. The Morgan fingerprint density at radius 1 is 1.11 bits per heavy atom. The Bertz CT molecular complexity index is 528. The summed E-state index contributed by atoms with van der Waals surface area (Å²) in [5.41, 5.74) is 2.49. The van der Waals surface area contributed by atoms with E-state index in [2.05, 4.69) is 64.6 Å². The Morgan fingerprint density at radius 2 is 1.84 bits per heavy atom. The van der Waals surface area contributed by atoms with Crippen molar-refractivity contribution in [2.45, 2.75) is 13.0 Å². The quantitative estimate of drug-likeness (QED) is 0.893. The summed E-state index contributed by atoms with van der Waals surface area (Å²) in [7, 11) is 1.68. The van der Waals surface area contributed by atoms with Gasteiger partial charge in [-0.2, -0.15) is 0 Å². The van der Waals surface area contributed by atoms with E-state index in [-0.39, 0.29) is 6.04 Å². The van der Waals surface area contributed by atoms with E-state index in [1.54, 1.807) is 7.11 Å². The van der Waals surface area contributed by atoms with Crippen LogP contribution in [0.5, 0.6) is 5.75 Å². The summed E-state index contributed by atoms with van der Waals surface area (Å²) in [6.45, 7) is 3.04. The molecule has 0 radical (unpaired) electrons. The predicted octanol–water partition coefficient (Wildman–Crippen LogP) is 4.16. The average Bonchev–Trinajstić information content (AvgIpc) is 2.45. The lowest BCUT2D eigenvalue weighted by atomic mass is 9.98. The van der Waals surface area contributed by atoms with Crippen molar-refractivity contribution < 1.29 is 4.74 Å². The van der Waals surface area contributed by atoms with Gasteiger partial charge in [-0.1, -0.05) is 43.3 Å². The summed E-state index contributed by atoms with van der Waals surface area (Å²) < 4.78 is 6.26. The van der Waals surface area contributed by atoms with Crippen LogP contribution >= 0.6 is 15.9 Å². The van der Waals surface area contributed by atoms with Crippen molar-refractivity contribution in [3.63, 3.8) is 0 Å². The fourth-order valence-corrected chi connectivity index (χ4v) is 2.70. The third-order valence-corrected chi connectivity index (χ3v) is 3.67. The number of methoxy groups -OCH3 is 1. The number of hydrogen-bond donors (Lipinski definition) is 1. The van der Waals surface area contributed by atoms with Gasteiger partial charge in [0.05, 0.1) is 17.6 Å². The maximum absolute atomic E-state index is 5.28. The molecule has 0 saturated carbocycles. The fourth-order valence-electron chi connectivity index (χ4n) is 2.14. The van der Waals surface area contributed by atoms with Crippen LogP contribution in [-0.2, 0) is 0 Å². The zero-order valence-corrected chi connectivity index (χ0v) is 12.8. The lowest BCUT2D eigenvalue weighted by molar-refractivity contribution is 0.412. The van der Waals surface area contributed by atoms with Crippen LogP contribution in [0.15, 0.2) is 53.0 Å². The van der Waals surface area contributed by atoms with Crippen molar-refractivity contribution in [2.75, 3.05) is 13.7 Å². The number of rotatable bonds is 5. The molecule has 0 bridgehead atoms. The first-order valence-electron chi connectivity index (χ1n) is 6.38. The van der Waals surface area contributed by atoms with Crippen molar-refractivity contribution in [1.29, 1.82) is 0 Å². The Kier molecular flexibility index (Phi) is 5.00. The van der Waals surface area contributed by atoms with E-state index in [0.29, 0.717) is 0 Å². The molecule has 2 aromatic rings. The molecule has 0 aromatic heterocycles. The molecule has 2 nitrogen and oxygen atoms in total. The van der Waals surface area contributed by atoms with E-state index in [0.717, 1.165) is 16.8 Å². The van der Waals surface area contributed by atoms with Crippen LogP contribution in [0.1, 0.15) is 24.1 Å². The Morgan fingerprint density at radius 3 is 2.42 bits per heavy atom. The summed E-state index contributed by atoms with van der Waals surface area (Å²) in [5.74, 6) is 0.854. The third kappa shape index (κ3) is 3.37. The van der Waals surface area contributed by atoms with Crippen LogP contribution in [0.2, 0.25) is 0 Å². The first-order valence-corrected chi connectivity index (χ1v) is 7.17. The highest BCUT2D eigenvalue weighted by molar-refractivity contribution is 9.10. The molecule has 100 valence electrons. The van der Waals surface area contributed by atoms with Crippen LogP contribution in [0.4, 0.5) is 0 Å². The van der Waals surface area contributed by atoms with Gasteiger partial charge >= 0.3 is 0 Å². The number of benzene rings is 2. The highest BCUT2D eigenvalue weighted by Crippen LogP contribution is 2.30. The van der Waals surface area contributed by atoms with Gasteiger partial charge in [0.2, 0.25) is 0 Å². The van der Waals surface area contributed by atoms with Gasteiger partial charge in [-0.25, -0.2) is 0 Å². The minimum atomic E-state index is 0.202. The molecule has 0 amide bonds. The molecule has 2 rings (SSSR count). The zero-order chi connectivity index (χ0) is 13.7. The van der Waals surface area contributed by atoms with Crippen molar-refractivity contribution in [3.8, 4) is 5.75 Å². The Balaban J connectivity index is 2.37. The van der Waals surface area contributed by atoms with Crippen molar-refractivity contribution in [2.24, 2.45) is 0 Å². The van der Waals surface area contributed by atoms with Gasteiger partial charge in [0.15, 0.2) is 0 Å². The summed E-state index contributed by atoms with van der Waals surface area (Å²) in [6.07, 6.45) is 0. The summed E-state index contributed by atoms with van der Waals surface area (Å²) in [4.78, 5) is 0. The molecule has 0 aliphatic heterocycles. The number of nitrogens with one attached hydrogen (secondary N) is 1. The molecule has 19 heavy (non-hydrogen) atoms. The number of hydrogen-bond acceptors (Lipinski definition) is 2.